The quantitative estimate of drug-likeness (QED) is 0.868. The summed E-state index contributed by atoms with van der Waals surface area (Å²) in [6.45, 7) is 0.641. The minimum absolute atomic E-state index is 0.0519. The fourth-order valence-electron chi connectivity index (χ4n) is 2.57. The minimum atomic E-state index is -0.802. The van der Waals surface area contributed by atoms with E-state index in [4.69, 9.17) is 5.11 Å². The molecule has 0 spiro atoms. The summed E-state index contributed by atoms with van der Waals surface area (Å²) in [5.74, 6) is -0.802. The summed E-state index contributed by atoms with van der Waals surface area (Å²) in [5, 5.41) is 13.3. The zero-order chi connectivity index (χ0) is 13.0. The van der Waals surface area contributed by atoms with E-state index >= 15 is 0 Å². The number of rotatable bonds is 5. The highest BCUT2D eigenvalue weighted by molar-refractivity contribution is 5.68. The van der Waals surface area contributed by atoms with Gasteiger partial charge in [0.2, 0.25) is 0 Å². The number of nitrogens with zero attached hydrogens (tertiary/aromatic N) is 3. The molecule has 0 bridgehead atoms. The molecule has 5 nitrogen and oxygen atoms in total. The van der Waals surface area contributed by atoms with Gasteiger partial charge in [-0.05, 0) is 26.0 Å². The van der Waals surface area contributed by atoms with Gasteiger partial charge in [0.05, 0.1) is 18.3 Å². The van der Waals surface area contributed by atoms with Crippen LogP contribution in [0.3, 0.4) is 0 Å². The van der Waals surface area contributed by atoms with Gasteiger partial charge in [-0.1, -0.05) is 19.3 Å². The SMILES string of the molecule is CN(CC(=O)O)Cc1ccn(C2CCCCC2)n1. The lowest BCUT2D eigenvalue weighted by molar-refractivity contribution is -0.138. The van der Waals surface area contributed by atoms with Gasteiger partial charge in [-0.2, -0.15) is 5.10 Å². The number of aromatic nitrogens is 2. The van der Waals surface area contributed by atoms with Crippen molar-refractivity contribution in [3.05, 3.63) is 18.0 Å². The Hall–Kier alpha value is -1.36. The molecular formula is C13H21N3O2. The molecule has 1 aliphatic carbocycles. The Balaban J connectivity index is 1.91. The first-order valence-corrected chi connectivity index (χ1v) is 6.59. The lowest BCUT2D eigenvalue weighted by atomic mass is 9.96. The summed E-state index contributed by atoms with van der Waals surface area (Å²) in [6, 6.07) is 2.53. The van der Waals surface area contributed by atoms with Crippen LogP contribution >= 0.6 is 0 Å². The van der Waals surface area contributed by atoms with Crippen molar-refractivity contribution in [2.75, 3.05) is 13.6 Å². The highest BCUT2D eigenvalue weighted by Gasteiger charge is 2.16. The Morgan fingerprint density at radius 3 is 2.89 bits per heavy atom. The van der Waals surface area contributed by atoms with E-state index in [1.807, 2.05) is 12.3 Å². The number of carboxylic acid groups (broad SMARTS) is 1. The van der Waals surface area contributed by atoms with Gasteiger partial charge in [-0.25, -0.2) is 0 Å². The maximum absolute atomic E-state index is 10.6. The molecule has 1 fully saturated rings. The van der Waals surface area contributed by atoms with Crippen LogP contribution in [0.4, 0.5) is 0 Å². The number of carbonyl (C=O) groups is 1. The van der Waals surface area contributed by atoms with Crippen LogP contribution in [0.25, 0.3) is 0 Å². The molecule has 0 aromatic carbocycles. The Kier molecular flexibility index (Phi) is 4.36. The Labute approximate surface area is 107 Å². The summed E-state index contributed by atoms with van der Waals surface area (Å²) < 4.78 is 2.06. The second kappa shape index (κ2) is 6.00. The van der Waals surface area contributed by atoms with E-state index in [9.17, 15) is 4.79 Å². The molecule has 1 saturated carbocycles. The topological polar surface area (TPSA) is 58.4 Å². The van der Waals surface area contributed by atoms with Crippen molar-refractivity contribution in [3.8, 4) is 0 Å². The first-order chi connectivity index (χ1) is 8.65. The fourth-order valence-corrected chi connectivity index (χ4v) is 2.57. The van der Waals surface area contributed by atoms with Gasteiger partial charge in [-0.15, -0.1) is 0 Å². The van der Waals surface area contributed by atoms with Crippen molar-refractivity contribution >= 4 is 5.97 Å². The summed E-state index contributed by atoms with van der Waals surface area (Å²) in [4.78, 5) is 12.3. The van der Waals surface area contributed by atoms with Crippen LogP contribution in [0.15, 0.2) is 12.3 Å². The molecule has 1 aliphatic rings. The maximum Gasteiger partial charge on any atom is 0.317 e. The zero-order valence-corrected chi connectivity index (χ0v) is 10.9. The van der Waals surface area contributed by atoms with Gasteiger partial charge >= 0.3 is 5.97 Å². The molecule has 0 unspecified atom stereocenters. The van der Waals surface area contributed by atoms with Crippen molar-refractivity contribution in [2.24, 2.45) is 0 Å². The monoisotopic (exact) mass is 251 g/mol. The smallest absolute Gasteiger partial charge is 0.317 e. The normalized spacial score (nSPS) is 17.2. The largest absolute Gasteiger partial charge is 0.480 e. The van der Waals surface area contributed by atoms with Gasteiger partial charge in [0.25, 0.3) is 0 Å². The Bertz CT molecular complexity index is 397. The molecule has 1 aromatic heterocycles. The molecule has 0 atom stereocenters. The maximum atomic E-state index is 10.6. The summed E-state index contributed by atoms with van der Waals surface area (Å²) in [7, 11) is 1.80. The van der Waals surface area contributed by atoms with Gasteiger partial charge in [-0.3, -0.25) is 14.4 Å². The van der Waals surface area contributed by atoms with Gasteiger partial charge in [0.15, 0.2) is 0 Å². The van der Waals surface area contributed by atoms with Gasteiger partial charge in [0.1, 0.15) is 0 Å². The number of hydrogen-bond acceptors (Lipinski definition) is 3. The van der Waals surface area contributed by atoms with Crippen molar-refractivity contribution < 1.29 is 9.90 Å². The van der Waals surface area contributed by atoms with Gasteiger partial charge in [0, 0.05) is 12.7 Å². The predicted molar refractivity (Wildman–Crippen MR) is 68.3 cm³/mol. The van der Waals surface area contributed by atoms with Crippen LogP contribution in [-0.2, 0) is 11.3 Å². The van der Waals surface area contributed by atoms with E-state index in [1.54, 1.807) is 11.9 Å². The van der Waals surface area contributed by atoms with E-state index in [0.717, 1.165) is 5.69 Å². The van der Waals surface area contributed by atoms with Crippen molar-refractivity contribution in [2.45, 2.75) is 44.7 Å². The van der Waals surface area contributed by atoms with Crippen LogP contribution in [0, 0.1) is 0 Å². The Morgan fingerprint density at radius 2 is 2.22 bits per heavy atom. The standard InChI is InChI=1S/C13H21N3O2/c1-15(10-13(17)18)9-11-7-8-16(14-11)12-5-3-2-4-6-12/h7-8,12H,2-6,9-10H2,1H3,(H,17,18). The van der Waals surface area contributed by atoms with Crippen molar-refractivity contribution in [1.82, 2.24) is 14.7 Å². The number of aliphatic carboxylic acids is 1. The van der Waals surface area contributed by atoms with E-state index in [0.29, 0.717) is 12.6 Å². The lowest BCUT2D eigenvalue weighted by Gasteiger charge is -2.21. The molecule has 100 valence electrons. The molecular weight excluding hydrogens is 230 g/mol. The van der Waals surface area contributed by atoms with Gasteiger partial charge < -0.3 is 5.11 Å². The molecule has 2 rings (SSSR count). The summed E-state index contributed by atoms with van der Waals surface area (Å²) in [6.07, 6.45) is 8.38. The van der Waals surface area contributed by atoms with Crippen LogP contribution in [0.5, 0.6) is 0 Å². The first kappa shape index (κ1) is 13.1. The molecule has 1 aromatic rings. The number of hydrogen-bond donors (Lipinski definition) is 1. The van der Waals surface area contributed by atoms with E-state index in [2.05, 4.69) is 9.78 Å². The van der Waals surface area contributed by atoms with E-state index < -0.39 is 5.97 Å². The third-order valence-corrected chi connectivity index (χ3v) is 3.45. The van der Waals surface area contributed by atoms with Crippen LogP contribution in [-0.4, -0.2) is 39.3 Å². The molecule has 18 heavy (non-hydrogen) atoms. The second-order valence-electron chi connectivity index (χ2n) is 5.14. The third-order valence-electron chi connectivity index (χ3n) is 3.45. The summed E-state index contributed by atoms with van der Waals surface area (Å²) in [5.41, 5.74) is 0.948. The van der Waals surface area contributed by atoms with Crippen LogP contribution in [0.1, 0.15) is 43.8 Å². The fraction of sp³-hybridized carbons (Fsp3) is 0.692. The second-order valence-corrected chi connectivity index (χ2v) is 5.14. The molecule has 1 N–H and O–H groups in total. The average molecular weight is 251 g/mol. The average Bonchev–Trinajstić information content (AvgIpc) is 2.77. The van der Waals surface area contributed by atoms with Crippen LogP contribution < -0.4 is 0 Å². The van der Waals surface area contributed by atoms with Crippen LogP contribution in [0.2, 0.25) is 0 Å². The zero-order valence-electron chi connectivity index (χ0n) is 10.9. The lowest BCUT2D eigenvalue weighted by Crippen LogP contribution is -2.25. The Morgan fingerprint density at radius 1 is 1.50 bits per heavy atom. The van der Waals surface area contributed by atoms with E-state index in [1.165, 1.54) is 32.1 Å². The minimum Gasteiger partial charge on any atom is -0.480 e. The highest BCUT2D eigenvalue weighted by Crippen LogP contribution is 2.27. The van der Waals surface area contributed by atoms with Crippen molar-refractivity contribution in [3.63, 3.8) is 0 Å². The number of likely N-dealkylation sites (N-methyl/N-ethyl adjacent to an activating group) is 1. The molecule has 1 heterocycles. The molecule has 5 heteroatoms. The number of carboxylic acids is 1. The molecule has 0 amide bonds. The summed E-state index contributed by atoms with van der Waals surface area (Å²) >= 11 is 0. The highest BCUT2D eigenvalue weighted by atomic mass is 16.4. The third kappa shape index (κ3) is 3.57. The molecule has 0 saturated heterocycles. The van der Waals surface area contributed by atoms with E-state index in [-0.39, 0.29) is 6.54 Å². The first-order valence-electron chi connectivity index (χ1n) is 6.59. The van der Waals surface area contributed by atoms with Crippen molar-refractivity contribution in [1.29, 1.82) is 0 Å². The molecule has 0 radical (unpaired) electrons. The molecule has 0 aliphatic heterocycles. The predicted octanol–water partition coefficient (Wildman–Crippen LogP) is 1.90.